The lowest BCUT2D eigenvalue weighted by Crippen LogP contribution is -2.32. The highest BCUT2D eigenvalue weighted by Crippen LogP contribution is 2.55. The second kappa shape index (κ2) is 11.5. The number of carbonyl (C=O) groups is 1. The summed E-state index contributed by atoms with van der Waals surface area (Å²) in [6.07, 6.45) is 2.62. The van der Waals surface area contributed by atoms with Crippen LogP contribution in [0.3, 0.4) is 0 Å². The topological polar surface area (TPSA) is 92.6 Å². The number of hydrogen-bond acceptors (Lipinski definition) is 5. The smallest absolute Gasteiger partial charge is 0.255 e. The van der Waals surface area contributed by atoms with Gasteiger partial charge in [-0.25, -0.2) is 4.39 Å². The first-order chi connectivity index (χ1) is 17.8. The molecule has 1 heterocycles. The van der Waals surface area contributed by atoms with Gasteiger partial charge in [0.1, 0.15) is 12.5 Å². The van der Waals surface area contributed by atoms with E-state index in [-0.39, 0.29) is 42.3 Å². The van der Waals surface area contributed by atoms with Gasteiger partial charge in [0.15, 0.2) is 0 Å². The van der Waals surface area contributed by atoms with Gasteiger partial charge < -0.3 is 20.5 Å². The molecule has 2 aromatic carbocycles. The molecular formula is C28H31ClFN3O4. The fourth-order valence-electron chi connectivity index (χ4n) is 4.91. The fraction of sp³-hybridized carbons (Fsp3) is 0.357. The van der Waals surface area contributed by atoms with E-state index in [4.69, 9.17) is 16.3 Å². The molecule has 1 fully saturated rings. The molecule has 0 radical (unpaired) electrons. The van der Waals surface area contributed by atoms with Crippen LogP contribution in [0.5, 0.6) is 0 Å². The predicted octanol–water partition coefficient (Wildman–Crippen LogP) is 5.07. The number of rotatable bonds is 11. The first-order valence-electron chi connectivity index (χ1n) is 12.4. The summed E-state index contributed by atoms with van der Waals surface area (Å²) in [6, 6.07) is 16.1. The second-order valence-corrected chi connectivity index (χ2v) is 9.72. The van der Waals surface area contributed by atoms with Crippen molar-refractivity contribution >= 4 is 28.9 Å². The summed E-state index contributed by atoms with van der Waals surface area (Å²) in [4.78, 5) is 25.0. The van der Waals surface area contributed by atoms with Gasteiger partial charge in [-0.15, -0.1) is 0 Å². The van der Waals surface area contributed by atoms with E-state index in [9.17, 15) is 19.1 Å². The number of ether oxygens (including phenoxy) is 1. The summed E-state index contributed by atoms with van der Waals surface area (Å²) < 4.78 is 21.8. The average Bonchev–Trinajstić information content (AvgIpc) is 3.63. The van der Waals surface area contributed by atoms with Crippen molar-refractivity contribution < 1.29 is 19.0 Å². The molecule has 1 aliphatic carbocycles. The molecule has 7 nitrogen and oxygen atoms in total. The van der Waals surface area contributed by atoms with Crippen molar-refractivity contribution in [2.45, 2.75) is 32.3 Å². The van der Waals surface area contributed by atoms with E-state index in [2.05, 4.69) is 10.6 Å². The summed E-state index contributed by atoms with van der Waals surface area (Å²) in [5.41, 5.74) is 0.0633. The van der Waals surface area contributed by atoms with Crippen LogP contribution in [0, 0.1) is 23.6 Å². The van der Waals surface area contributed by atoms with Crippen molar-refractivity contribution in [3.8, 4) is 5.69 Å². The molecule has 0 saturated heterocycles. The van der Waals surface area contributed by atoms with Crippen molar-refractivity contribution in [1.29, 1.82) is 0 Å². The number of amides is 1. The molecular weight excluding hydrogens is 497 g/mol. The number of anilines is 2. The van der Waals surface area contributed by atoms with E-state index in [1.165, 1.54) is 16.7 Å². The number of hydrogen-bond donors (Lipinski definition) is 3. The monoisotopic (exact) mass is 527 g/mol. The molecule has 4 rings (SSSR count). The third-order valence-corrected chi connectivity index (χ3v) is 7.41. The first-order valence-corrected chi connectivity index (χ1v) is 12.7. The molecule has 9 heteroatoms. The molecule has 3 N–H and O–H groups in total. The van der Waals surface area contributed by atoms with E-state index in [0.717, 1.165) is 0 Å². The Morgan fingerprint density at radius 3 is 2.51 bits per heavy atom. The number of benzene rings is 2. The fourth-order valence-corrected chi connectivity index (χ4v) is 5.04. The maximum absolute atomic E-state index is 14.6. The van der Waals surface area contributed by atoms with Crippen molar-refractivity contribution in [2.24, 2.45) is 17.8 Å². The van der Waals surface area contributed by atoms with E-state index < -0.39 is 17.3 Å². The standard InChI is InChI=1S/C28H31ClFN3O4/c1-3-28(36,4-2)26-21(25(26)27(35)32-19-10-8-18(29)9-11-19)16-37-17-31-23-13-12-20(15-22(23)30)33-14-6-5-7-24(33)34/h5-15,21,25-26,31,36H,3-4,16-17H2,1-2H3,(H,32,35)/t21-,25+,26+/m0/s1. The third kappa shape index (κ3) is 6.04. The summed E-state index contributed by atoms with van der Waals surface area (Å²) in [5.74, 6) is -1.51. The van der Waals surface area contributed by atoms with Gasteiger partial charge in [0, 0.05) is 46.8 Å². The summed E-state index contributed by atoms with van der Waals surface area (Å²) >= 11 is 5.93. The lowest BCUT2D eigenvalue weighted by atomic mass is 9.89. The molecule has 0 bridgehead atoms. The van der Waals surface area contributed by atoms with E-state index in [1.807, 2.05) is 13.8 Å². The van der Waals surface area contributed by atoms with Crippen LogP contribution in [0.4, 0.5) is 15.8 Å². The second-order valence-electron chi connectivity index (χ2n) is 9.29. The molecule has 0 spiro atoms. The SMILES string of the molecule is CCC(O)(CC)[C@@H]1[C@@H](COCNc2ccc(-n3ccccc3=O)cc2F)[C@H]1C(=O)Nc1ccc(Cl)cc1. The molecule has 1 aromatic heterocycles. The molecule has 0 unspecified atom stereocenters. The molecule has 3 atom stereocenters. The Morgan fingerprint density at radius 2 is 1.86 bits per heavy atom. The van der Waals surface area contributed by atoms with Crippen LogP contribution in [0.2, 0.25) is 5.02 Å². The predicted molar refractivity (Wildman–Crippen MR) is 143 cm³/mol. The van der Waals surface area contributed by atoms with E-state index in [0.29, 0.717) is 29.2 Å². The van der Waals surface area contributed by atoms with Crippen molar-refractivity contribution in [3.05, 3.63) is 88.1 Å². The lowest BCUT2D eigenvalue weighted by Gasteiger charge is -2.26. The highest BCUT2D eigenvalue weighted by atomic mass is 35.5. The average molecular weight is 528 g/mol. The summed E-state index contributed by atoms with van der Waals surface area (Å²) in [6.45, 7) is 4.07. The largest absolute Gasteiger partial charge is 0.390 e. The zero-order valence-electron chi connectivity index (χ0n) is 20.8. The zero-order chi connectivity index (χ0) is 26.6. The van der Waals surface area contributed by atoms with Gasteiger partial charge in [0.2, 0.25) is 5.91 Å². The van der Waals surface area contributed by atoms with Crippen molar-refractivity contribution in [2.75, 3.05) is 24.0 Å². The molecule has 3 aromatic rings. The minimum atomic E-state index is -0.971. The van der Waals surface area contributed by atoms with Gasteiger partial charge in [0.05, 0.1) is 23.6 Å². The van der Waals surface area contributed by atoms with Gasteiger partial charge in [-0.05, 0) is 55.3 Å². The van der Waals surface area contributed by atoms with Crippen LogP contribution in [-0.4, -0.2) is 34.5 Å². The highest BCUT2D eigenvalue weighted by Gasteiger charge is 2.62. The van der Waals surface area contributed by atoms with E-state index in [1.54, 1.807) is 54.7 Å². The van der Waals surface area contributed by atoms with Gasteiger partial charge in [0.25, 0.3) is 5.56 Å². The Balaban J connectivity index is 1.36. The lowest BCUT2D eigenvalue weighted by molar-refractivity contribution is -0.119. The molecule has 1 amide bonds. The van der Waals surface area contributed by atoms with Crippen LogP contribution < -0.4 is 16.2 Å². The minimum Gasteiger partial charge on any atom is -0.390 e. The van der Waals surface area contributed by atoms with Crippen LogP contribution in [0.15, 0.2) is 71.7 Å². The highest BCUT2D eigenvalue weighted by molar-refractivity contribution is 6.30. The number of carbonyl (C=O) groups excluding carboxylic acids is 1. The number of halogens is 2. The number of nitrogens with zero attached hydrogens (tertiary/aromatic N) is 1. The molecule has 1 aliphatic rings. The van der Waals surface area contributed by atoms with Gasteiger partial charge in [-0.2, -0.15) is 0 Å². The van der Waals surface area contributed by atoms with Crippen LogP contribution >= 0.6 is 11.6 Å². The molecule has 37 heavy (non-hydrogen) atoms. The van der Waals surface area contributed by atoms with Crippen molar-refractivity contribution in [3.63, 3.8) is 0 Å². The first kappa shape index (κ1) is 26.9. The third-order valence-electron chi connectivity index (χ3n) is 7.16. The number of aromatic nitrogens is 1. The zero-order valence-corrected chi connectivity index (χ0v) is 21.5. The Labute approximate surface area is 220 Å². The molecule has 1 saturated carbocycles. The number of aliphatic hydroxyl groups is 1. The maximum Gasteiger partial charge on any atom is 0.255 e. The van der Waals surface area contributed by atoms with Crippen LogP contribution in [0.1, 0.15) is 26.7 Å². The number of nitrogens with one attached hydrogen (secondary N) is 2. The van der Waals surface area contributed by atoms with Gasteiger partial charge in [-0.3, -0.25) is 14.2 Å². The van der Waals surface area contributed by atoms with Crippen molar-refractivity contribution in [1.82, 2.24) is 4.57 Å². The number of pyridine rings is 1. The van der Waals surface area contributed by atoms with Gasteiger partial charge >= 0.3 is 0 Å². The Kier molecular flexibility index (Phi) is 8.32. The quantitative estimate of drug-likeness (QED) is 0.239. The maximum atomic E-state index is 14.6. The summed E-state index contributed by atoms with van der Waals surface area (Å²) in [5, 5.41) is 17.5. The van der Waals surface area contributed by atoms with Crippen LogP contribution in [-0.2, 0) is 9.53 Å². The Hall–Kier alpha value is -3.20. The van der Waals surface area contributed by atoms with E-state index >= 15 is 0 Å². The molecule has 196 valence electrons. The Bertz CT molecular complexity index is 1290. The minimum absolute atomic E-state index is 0.0208. The van der Waals surface area contributed by atoms with Gasteiger partial charge in [-0.1, -0.05) is 31.5 Å². The normalized spacial score (nSPS) is 18.9. The Morgan fingerprint density at radius 1 is 1.14 bits per heavy atom. The summed E-state index contributed by atoms with van der Waals surface area (Å²) in [7, 11) is 0. The molecule has 0 aliphatic heterocycles. The van der Waals surface area contributed by atoms with Crippen LogP contribution in [0.25, 0.3) is 5.69 Å².